The molecule has 32 heavy (non-hydrogen) atoms. The van der Waals surface area contributed by atoms with Crippen LogP contribution in [0.25, 0.3) is 5.76 Å². The molecule has 0 aliphatic carbocycles. The van der Waals surface area contributed by atoms with Crippen molar-refractivity contribution in [2.24, 2.45) is 0 Å². The molecule has 0 radical (unpaired) electrons. The van der Waals surface area contributed by atoms with E-state index in [2.05, 4.69) is 4.98 Å². The zero-order valence-electron chi connectivity index (χ0n) is 17.3. The second-order valence-corrected chi connectivity index (χ2v) is 7.65. The van der Waals surface area contributed by atoms with Crippen LogP contribution in [-0.4, -0.2) is 35.0 Å². The van der Waals surface area contributed by atoms with Crippen molar-refractivity contribution in [3.8, 4) is 11.5 Å². The van der Waals surface area contributed by atoms with E-state index in [-0.39, 0.29) is 11.3 Å². The summed E-state index contributed by atoms with van der Waals surface area (Å²) in [7, 11) is 0. The van der Waals surface area contributed by atoms with E-state index in [0.29, 0.717) is 41.5 Å². The lowest BCUT2D eigenvalue weighted by Crippen LogP contribution is -2.29. The molecule has 0 bridgehead atoms. The quantitative estimate of drug-likeness (QED) is 0.388. The number of ether oxygens (including phenoxy) is 2. The van der Waals surface area contributed by atoms with Gasteiger partial charge in [-0.3, -0.25) is 19.5 Å². The number of carbonyl (C=O) groups is 2. The number of hydrogen-bond donors (Lipinski definition) is 1. The summed E-state index contributed by atoms with van der Waals surface area (Å²) in [5.74, 6) is -0.691. The number of rotatable bonds is 3. The fraction of sp³-hybridized carbons (Fsp3) is 0.160. The molecule has 3 heterocycles. The summed E-state index contributed by atoms with van der Waals surface area (Å²) >= 11 is 0. The third kappa shape index (κ3) is 3.28. The Hall–Kier alpha value is -4.13. The van der Waals surface area contributed by atoms with Gasteiger partial charge in [0, 0.05) is 23.6 Å². The summed E-state index contributed by atoms with van der Waals surface area (Å²) < 4.78 is 11.1. The van der Waals surface area contributed by atoms with Crippen molar-refractivity contribution in [1.29, 1.82) is 0 Å². The van der Waals surface area contributed by atoms with Gasteiger partial charge in [-0.15, -0.1) is 0 Å². The molecule has 7 nitrogen and oxygen atoms in total. The fourth-order valence-corrected chi connectivity index (χ4v) is 4.08. The number of aliphatic hydroxyl groups excluding tert-OH is 1. The first-order valence-corrected chi connectivity index (χ1v) is 10.2. The van der Waals surface area contributed by atoms with E-state index in [1.165, 1.54) is 4.90 Å². The van der Waals surface area contributed by atoms with Crippen molar-refractivity contribution >= 4 is 23.1 Å². The Kier molecular flexibility index (Phi) is 4.86. The average Bonchev–Trinajstić information content (AvgIpc) is 3.09. The molecule has 1 N–H and O–H groups in total. The first kappa shape index (κ1) is 19.8. The number of aryl methyl sites for hydroxylation is 1. The van der Waals surface area contributed by atoms with Crippen LogP contribution < -0.4 is 14.4 Å². The molecule has 0 saturated carbocycles. The monoisotopic (exact) mass is 428 g/mol. The molecule has 2 aliphatic rings. The van der Waals surface area contributed by atoms with Gasteiger partial charge in [0.15, 0.2) is 11.5 Å². The molecule has 1 atom stereocenters. The van der Waals surface area contributed by atoms with E-state index in [1.807, 2.05) is 25.1 Å². The summed E-state index contributed by atoms with van der Waals surface area (Å²) in [6.07, 6.45) is 3.21. The molecule has 2 aliphatic heterocycles. The van der Waals surface area contributed by atoms with Crippen LogP contribution in [0.15, 0.2) is 72.6 Å². The minimum absolute atomic E-state index is 0.00110. The van der Waals surface area contributed by atoms with E-state index in [1.54, 1.807) is 48.8 Å². The maximum absolute atomic E-state index is 13.2. The van der Waals surface area contributed by atoms with Crippen LogP contribution in [0.3, 0.4) is 0 Å². The van der Waals surface area contributed by atoms with E-state index in [0.717, 1.165) is 5.56 Å². The smallest absolute Gasteiger partial charge is 0.300 e. The largest absolute Gasteiger partial charge is 0.507 e. The van der Waals surface area contributed by atoms with Crippen molar-refractivity contribution in [3.05, 3.63) is 89.3 Å². The van der Waals surface area contributed by atoms with Crippen LogP contribution in [-0.2, 0) is 9.59 Å². The number of Topliss-reactive ketones (excluding diaryl/α,β-unsaturated/α-hetero) is 1. The molecule has 2 aromatic carbocycles. The number of ketones is 1. The van der Waals surface area contributed by atoms with Crippen molar-refractivity contribution in [1.82, 2.24) is 4.98 Å². The molecular weight excluding hydrogens is 408 g/mol. The van der Waals surface area contributed by atoms with Crippen LogP contribution >= 0.6 is 0 Å². The number of hydrogen-bond acceptors (Lipinski definition) is 6. The van der Waals surface area contributed by atoms with Crippen molar-refractivity contribution in [3.63, 3.8) is 0 Å². The molecular formula is C25H20N2O5. The normalized spacial score (nSPS) is 19.3. The standard InChI is InChI=1S/C25H20N2O5/c1-15-4-2-6-18(12-15)27-22(17-5-3-9-26-14-17)21(24(29)25(27)30)23(28)16-7-8-19-20(13-16)32-11-10-31-19/h2-9,12-14,22,28H,10-11H2,1H3/b23-21-. The molecule has 1 unspecified atom stereocenters. The molecule has 3 aromatic rings. The van der Waals surface area contributed by atoms with Gasteiger partial charge in [-0.1, -0.05) is 18.2 Å². The lowest BCUT2D eigenvalue weighted by molar-refractivity contribution is -0.132. The summed E-state index contributed by atoms with van der Waals surface area (Å²) in [5.41, 5.74) is 2.50. The Morgan fingerprint density at radius 3 is 2.59 bits per heavy atom. The number of benzene rings is 2. The van der Waals surface area contributed by atoms with Crippen LogP contribution in [0.4, 0.5) is 5.69 Å². The first-order valence-electron chi connectivity index (χ1n) is 10.2. The minimum Gasteiger partial charge on any atom is -0.507 e. The average molecular weight is 428 g/mol. The van der Waals surface area contributed by atoms with Crippen LogP contribution in [0.1, 0.15) is 22.7 Å². The maximum atomic E-state index is 13.2. The Bertz CT molecular complexity index is 1250. The number of aromatic nitrogens is 1. The molecule has 5 rings (SSSR count). The van der Waals surface area contributed by atoms with Gasteiger partial charge in [0.2, 0.25) is 0 Å². The van der Waals surface area contributed by atoms with E-state index in [9.17, 15) is 14.7 Å². The summed E-state index contributed by atoms with van der Waals surface area (Å²) in [6, 6.07) is 15.0. The number of amides is 1. The predicted molar refractivity (Wildman–Crippen MR) is 118 cm³/mol. The molecule has 1 aromatic heterocycles. The summed E-state index contributed by atoms with van der Waals surface area (Å²) in [6.45, 7) is 2.75. The van der Waals surface area contributed by atoms with Gasteiger partial charge in [0.05, 0.1) is 11.6 Å². The minimum atomic E-state index is -0.821. The highest BCUT2D eigenvalue weighted by molar-refractivity contribution is 6.51. The molecule has 1 fully saturated rings. The van der Waals surface area contributed by atoms with Crippen LogP contribution in [0, 0.1) is 6.92 Å². The van der Waals surface area contributed by atoms with Gasteiger partial charge in [-0.25, -0.2) is 0 Å². The van der Waals surface area contributed by atoms with Gasteiger partial charge in [-0.2, -0.15) is 0 Å². The topological polar surface area (TPSA) is 89.0 Å². The van der Waals surface area contributed by atoms with Crippen molar-refractivity contribution < 1.29 is 24.2 Å². The Labute approximate surface area is 184 Å². The van der Waals surface area contributed by atoms with Gasteiger partial charge in [0.25, 0.3) is 11.7 Å². The number of anilines is 1. The van der Waals surface area contributed by atoms with Gasteiger partial charge in [0.1, 0.15) is 19.0 Å². The van der Waals surface area contributed by atoms with E-state index >= 15 is 0 Å². The van der Waals surface area contributed by atoms with Gasteiger partial charge >= 0.3 is 0 Å². The lowest BCUT2D eigenvalue weighted by atomic mass is 9.96. The highest BCUT2D eigenvalue weighted by Crippen LogP contribution is 2.43. The third-order valence-corrected chi connectivity index (χ3v) is 5.54. The summed E-state index contributed by atoms with van der Waals surface area (Å²) in [5, 5.41) is 11.2. The molecule has 1 saturated heterocycles. The van der Waals surface area contributed by atoms with E-state index in [4.69, 9.17) is 9.47 Å². The number of nitrogens with zero attached hydrogens (tertiary/aromatic N) is 2. The Morgan fingerprint density at radius 1 is 1.03 bits per heavy atom. The number of carbonyl (C=O) groups excluding carboxylic acids is 2. The predicted octanol–water partition coefficient (Wildman–Crippen LogP) is 3.79. The van der Waals surface area contributed by atoms with Gasteiger partial charge < -0.3 is 14.6 Å². The van der Waals surface area contributed by atoms with Crippen molar-refractivity contribution in [2.45, 2.75) is 13.0 Å². The summed E-state index contributed by atoms with van der Waals surface area (Å²) in [4.78, 5) is 31.9. The van der Waals surface area contributed by atoms with E-state index < -0.39 is 17.7 Å². The van der Waals surface area contributed by atoms with Crippen LogP contribution in [0.5, 0.6) is 11.5 Å². The van der Waals surface area contributed by atoms with Gasteiger partial charge in [-0.05, 0) is 54.4 Å². The zero-order chi connectivity index (χ0) is 22.2. The second kappa shape index (κ2) is 7.85. The Balaban J connectivity index is 1.69. The number of aliphatic hydroxyl groups is 1. The third-order valence-electron chi connectivity index (χ3n) is 5.54. The number of fused-ring (bicyclic) bond motifs is 1. The van der Waals surface area contributed by atoms with Crippen molar-refractivity contribution in [2.75, 3.05) is 18.1 Å². The first-order chi connectivity index (χ1) is 15.5. The lowest BCUT2D eigenvalue weighted by Gasteiger charge is -2.25. The maximum Gasteiger partial charge on any atom is 0.300 e. The molecule has 0 spiro atoms. The zero-order valence-corrected chi connectivity index (χ0v) is 17.3. The molecule has 160 valence electrons. The van der Waals surface area contributed by atoms with Crippen LogP contribution in [0.2, 0.25) is 0 Å². The highest BCUT2D eigenvalue weighted by Gasteiger charge is 2.47. The molecule has 1 amide bonds. The second-order valence-electron chi connectivity index (χ2n) is 7.65. The highest BCUT2D eigenvalue weighted by atomic mass is 16.6. The molecule has 7 heteroatoms. The fourth-order valence-electron chi connectivity index (χ4n) is 4.08. The SMILES string of the molecule is Cc1cccc(N2C(=O)C(=O)/C(=C(\O)c3ccc4c(c3)OCCO4)C2c2cccnc2)c1. The number of pyridine rings is 1. The Morgan fingerprint density at radius 2 is 1.84 bits per heavy atom.